The van der Waals surface area contributed by atoms with E-state index < -0.39 is 23.6 Å². The summed E-state index contributed by atoms with van der Waals surface area (Å²) >= 11 is 0. The zero-order chi connectivity index (χ0) is 99.2. The number of aromatic hydroxyl groups is 4. The normalized spacial score (nSPS) is 9.75. The Labute approximate surface area is 861 Å². The summed E-state index contributed by atoms with van der Waals surface area (Å²) in [5, 5.41) is 169. The molecule has 0 saturated heterocycles. The van der Waals surface area contributed by atoms with Crippen molar-refractivity contribution in [3.63, 3.8) is 0 Å². The molecule has 0 heterocycles. The number of carbonyl (C=O) groups excluding carboxylic acids is 8. The van der Waals surface area contributed by atoms with Crippen LogP contribution in [0.15, 0.2) is 283 Å². The third-order valence-electron chi connectivity index (χ3n) is 15.1. The first-order valence-corrected chi connectivity index (χ1v) is 38.8. The summed E-state index contributed by atoms with van der Waals surface area (Å²) in [6.45, 7) is 0. The van der Waals surface area contributed by atoms with Crippen molar-refractivity contribution in [2.45, 2.75) is 0 Å². The predicted molar refractivity (Wildman–Crippen MR) is 527 cm³/mol. The molecule has 776 valence electrons. The van der Waals surface area contributed by atoms with Crippen LogP contribution in [0.5, 0.6) is 46.0 Å². The molecule has 0 aliphatic rings. The fraction of sp³-hybridized carbons (Fsp3) is 0.167. The first kappa shape index (κ1) is 146. The number of benzene rings is 12. The van der Waals surface area contributed by atoms with Crippen molar-refractivity contribution < 1.29 is 198 Å². The summed E-state index contributed by atoms with van der Waals surface area (Å²) in [7, 11) is 27.0. The molecule has 0 spiro atoms. The van der Waals surface area contributed by atoms with Crippen LogP contribution in [0, 0.1) is 0 Å². The Morgan fingerprint density at radius 3 is 0.458 bits per heavy atom. The minimum Gasteiger partial charge on any atom is -0.872 e. The van der Waals surface area contributed by atoms with E-state index in [0.717, 1.165) is 94.4 Å². The SMILES string of the molecule is CN(C)C=O.CN(C)C=O.CN(C)C=O.CN(C)C=O.CN(C)C=O.CN(C)C=O.CN(C)C=O.CN(C)C=O.O.O.[Ni+2].[Ni+2].[Ni+2].[Ni+2].[O-]/C(=N\N=C\c1ccccc1[O-])c1cc2ccccc2cc1O.[O-]/C(=N\N=C\c1ccccc1[O-])c1cc2ccccc2cc1O.[O-]/C(=N\N=C\c1ccccc1[O-])c1cc2ccccc2cc1O.[O-]/C(=N\N=C\c1ccccc1[O-])c1cc2ccccc2cc1O.[OH3+].[OH3+].[OH3+].[OH3+]. The quantitative estimate of drug-likeness (QED) is 0.0183. The van der Waals surface area contributed by atoms with E-state index in [4.69, 9.17) is 0 Å². The fourth-order valence-electron chi connectivity index (χ4n) is 8.74. The third-order valence-corrected chi connectivity index (χ3v) is 15.1. The number of para-hydroxylation sites is 4. The van der Waals surface area contributed by atoms with Gasteiger partial charge in [-0.2, -0.15) is 40.8 Å². The maximum Gasteiger partial charge on any atom is 2.00 e. The maximum atomic E-state index is 12.1. The molecule has 142 heavy (non-hydrogen) atoms. The van der Waals surface area contributed by atoms with Gasteiger partial charge in [-0.3, -0.25) is 38.4 Å². The van der Waals surface area contributed by atoms with Crippen molar-refractivity contribution in [1.82, 2.24) is 39.2 Å². The van der Waals surface area contributed by atoms with Gasteiger partial charge in [-0.15, -0.1) is 0 Å². The molecular formula is C96H120N16Ni4O26+4. The first-order valence-electron chi connectivity index (χ1n) is 38.8. The number of fused-ring (bicyclic) bond motifs is 4. The second-order valence-corrected chi connectivity index (χ2v) is 28.2. The summed E-state index contributed by atoms with van der Waals surface area (Å²) in [6.07, 6.45) is 10.9. The molecule has 0 aliphatic carbocycles. The van der Waals surface area contributed by atoms with Gasteiger partial charge in [0.25, 0.3) is 0 Å². The Hall–Kier alpha value is -15.9. The smallest absolute Gasteiger partial charge is 0.872 e. The molecule has 0 atom stereocenters. The summed E-state index contributed by atoms with van der Waals surface area (Å²) in [4.78, 5) is 87.0. The van der Waals surface area contributed by atoms with E-state index in [9.17, 15) is 99.6 Å². The Kier molecular flexibility index (Phi) is 85.9. The van der Waals surface area contributed by atoms with Crippen LogP contribution in [0.25, 0.3) is 43.1 Å². The number of nitrogens with zero attached hydrogens (tertiary/aromatic N) is 16. The molecule has 0 saturated carbocycles. The second kappa shape index (κ2) is 83.3. The van der Waals surface area contributed by atoms with E-state index >= 15 is 0 Å². The molecule has 46 heteroatoms. The average molecular weight is 2150 g/mol. The van der Waals surface area contributed by atoms with E-state index in [2.05, 4.69) is 40.8 Å². The molecular weight excluding hydrogens is 2030 g/mol. The average Bonchev–Trinajstić information content (AvgIpc) is 0.825. The number of amides is 8. The zero-order valence-electron chi connectivity index (χ0n) is 80.1. The monoisotopic (exact) mass is 2140 g/mol. The van der Waals surface area contributed by atoms with Crippen LogP contribution < -0.4 is 40.9 Å². The van der Waals surface area contributed by atoms with Crippen LogP contribution in [0.3, 0.4) is 0 Å². The number of rotatable bonds is 20. The third kappa shape index (κ3) is 60.7. The molecule has 20 N–H and O–H groups in total. The van der Waals surface area contributed by atoms with Gasteiger partial charge in [0.2, 0.25) is 51.3 Å². The maximum absolute atomic E-state index is 12.1. The van der Waals surface area contributed by atoms with E-state index in [1.54, 1.807) is 210 Å². The Bertz CT molecular complexity index is 5140. The fourth-order valence-corrected chi connectivity index (χ4v) is 8.74. The minimum absolute atomic E-state index is 0. The van der Waals surface area contributed by atoms with Gasteiger partial charge in [-0.1, -0.05) is 217 Å². The zero-order valence-corrected chi connectivity index (χ0v) is 84.0. The number of hydrogen-bond donors (Lipinski definition) is 4. The summed E-state index contributed by atoms with van der Waals surface area (Å²) < 4.78 is 0. The van der Waals surface area contributed by atoms with Gasteiger partial charge in [0.05, 0.1) is 24.9 Å². The molecule has 12 aromatic carbocycles. The molecule has 0 fully saturated rings. The van der Waals surface area contributed by atoms with Crippen LogP contribution in [0.2, 0.25) is 0 Å². The van der Waals surface area contributed by atoms with Gasteiger partial charge in [-0.25, -0.2) is 0 Å². The molecule has 42 nitrogen and oxygen atoms in total. The van der Waals surface area contributed by atoms with Crippen molar-refractivity contribution >= 4 is 143 Å². The van der Waals surface area contributed by atoms with Crippen molar-refractivity contribution in [3.05, 3.63) is 287 Å². The number of hydrogen-bond acceptors (Lipinski definition) is 28. The summed E-state index contributed by atoms with van der Waals surface area (Å²) in [6, 6.07) is 66.9. The minimum atomic E-state index is -0.673. The standard InChI is InChI=1S/4C18H14N2O3.8C3H7NO.4Ni.6H2O/c4*21-16-8-4-3-7-14(16)11-19-20-18(23)15-9-12-5-1-2-6-13(12)10-17(15)22;8*1-4(2)3-5;;;;;;;;;;/h4*1-11,21-22H,(H,20,23);8*3H,1-2H3;;;;;6*1H2/q;;;;;;;;;;;;4*+2;;;;;;/p-4/b4*19-11+;;;;;;;;;;;;;;;;;;. The van der Waals surface area contributed by atoms with Gasteiger partial charge < -0.3 is 133 Å². The van der Waals surface area contributed by atoms with Crippen LogP contribution in [0.4, 0.5) is 0 Å². The van der Waals surface area contributed by atoms with E-state index in [1.807, 2.05) is 97.1 Å². The predicted octanol–water partition coefficient (Wildman–Crippen LogP) is -0.672. The van der Waals surface area contributed by atoms with Crippen molar-refractivity contribution in [2.24, 2.45) is 40.8 Å². The molecule has 0 aliphatic heterocycles. The van der Waals surface area contributed by atoms with Crippen molar-refractivity contribution in [1.29, 1.82) is 0 Å². The number of carbonyl (C=O) groups is 8. The summed E-state index contributed by atoms with van der Waals surface area (Å²) in [5.74, 6) is -4.12. The largest absolute Gasteiger partial charge is 2.00 e. The number of phenolic OH excluding ortho intramolecular Hbond substituents is 4. The van der Waals surface area contributed by atoms with E-state index in [-0.39, 0.29) is 167 Å². The topological polar surface area (TPSA) is 722 Å². The Balaban J connectivity index is -0.000000177. The van der Waals surface area contributed by atoms with Gasteiger partial charge in [0, 0.05) is 159 Å². The Morgan fingerprint density at radius 1 is 0.225 bits per heavy atom. The van der Waals surface area contributed by atoms with Crippen LogP contribution in [-0.2, 0) is 126 Å². The van der Waals surface area contributed by atoms with E-state index in [0.29, 0.717) is 22.3 Å². The van der Waals surface area contributed by atoms with Crippen molar-refractivity contribution in [3.8, 4) is 46.0 Å². The van der Waals surface area contributed by atoms with Crippen LogP contribution in [-0.4, -0.2) is 283 Å². The molecule has 0 aromatic heterocycles. The molecule has 0 bridgehead atoms. The second-order valence-electron chi connectivity index (χ2n) is 28.2. The van der Waals surface area contributed by atoms with E-state index in [1.165, 1.54) is 113 Å². The van der Waals surface area contributed by atoms with Crippen molar-refractivity contribution in [2.75, 3.05) is 113 Å². The Morgan fingerprint density at radius 2 is 0.338 bits per heavy atom. The molecule has 12 aromatic rings. The van der Waals surface area contributed by atoms with Crippen LogP contribution in [0.1, 0.15) is 44.5 Å². The number of phenols is 4. The van der Waals surface area contributed by atoms with Gasteiger partial charge in [0.1, 0.15) is 23.0 Å². The van der Waals surface area contributed by atoms with Gasteiger partial charge in [-0.05, 0) is 114 Å². The van der Waals surface area contributed by atoms with Gasteiger partial charge in [0.15, 0.2) is 0 Å². The van der Waals surface area contributed by atoms with Gasteiger partial charge >= 0.3 is 66.0 Å². The van der Waals surface area contributed by atoms with Crippen LogP contribution >= 0.6 is 0 Å². The first-order chi connectivity index (χ1) is 62.8. The molecule has 0 unspecified atom stereocenters. The summed E-state index contributed by atoms with van der Waals surface area (Å²) in [5.41, 5.74) is 1.62. The molecule has 0 radical (unpaired) electrons. The molecule has 8 amide bonds. The molecule has 12 rings (SSSR count).